The first kappa shape index (κ1) is 18.0. The summed E-state index contributed by atoms with van der Waals surface area (Å²) in [7, 11) is -2.21. The fourth-order valence-corrected chi connectivity index (χ4v) is 3.51. The number of amides is 1. The minimum absolute atomic E-state index is 0.0510. The molecular weight excluding hydrogens is 312 g/mol. The third kappa shape index (κ3) is 5.31. The fraction of sp³-hybridized carbons (Fsp3) is 0.462. The van der Waals surface area contributed by atoms with Gasteiger partial charge < -0.3 is 10.4 Å². The first-order chi connectivity index (χ1) is 9.72. The topological polar surface area (TPSA) is 95.5 Å². The zero-order valence-corrected chi connectivity index (χ0v) is 13.8. The number of sulfonamides is 1. The van der Waals surface area contributed by atoms with E-state index in [1.807, 2.05) is 6.26 Å². The Balaban J connectivity index is 2.81. The number of hydrogen-bond donors (Lipinski definition) is 3. The van der Waals surface area contributed by atoms with E-state index in [2.05, 4.69) is 10.0 Å². The summed E-state index contributed by atoms with van der Waals surface area (Å²) in [5, 5.41) is 12.4. The Labute approximate surface area is 129 Å². The van der Waals surface area contributed by atoms with Crippen LogP contribution in [0.15, 0.2) is 29.2 Å². The van der Waals surface area contributed by atoms with Crippen molar-refractivity contribution >= 4 is 27.7 Å². The van der Waals surface area contributed by atoms with E-state index in [1.165, 1.54) is 43.1 Å². The second kappa shape index (κ2) is 7.26. The van der Waals surface area contributed by atoms with Crippen molar-refractivity contribution in [1.82, 2.24) is 10.0 Å². The average molecular weight is 332 g/mol. The van der Waals surface area contributed by atoms with Crippen molar-refractivity contribution < 1.29 is 18.3 Å². The van der Waals surface area contributed by atoms with Crippen molar-refractivity contribution in [2.24, 2.45) is 0 Å². The van der Waals surface area contributed by atoms with Crippen LogP contribution in [0.4, 0.5) is 0 Å². The van der Waals surface area contributed by atoms with Gasteiger partial charge in [0.2, 0.25) is 10.0 Å². The zero-order valence-electron chi connectivity index (χ0n) is 12.2. The van der Waals surface area contributed by atoms with Gasteiger partial charge in [-0.2, -0.15) is 11.8 Å². The molecule has 0 saturated carbocycles. The van der Waals surface area contributed by atoms with Gasteiger partial charge in [-0.3, -0.25) is 4.79 Å². The quantitative estimate of drug-likeness (QED) is 0.673. The molecule has 1 aromatic carbocycles. The van der Waals surface area contributed by atoms with Gasteiger partial charge in [-0.15, -0.1) is 0 Å². The molecule has 0 aliphatic carbocycles. The van der Waals surface area contributed by atoms with Crippen LogP contribution in [-0.2, 0) is 10.0 Å². The molecule has 0 aliphatic rings. The van der Waals surface area contributed by atoms with E-state index in [1.54, 1.807) is 6.92 Å². The molecule has 1 rings (SSSR count). The molecule has 0 bridgehead atoms. The third-order valence-electron chi connectivity index (χ3n) is 2.75. The lowest BCUT2D eigenvalue weighted by molar-refractivity contribution is 0.0908. The van der Waals surface area contributed by atoms with Crippen LogP contribution < -0.4 is 10.0 Å². The van der Waals surface area contributed by atoms with Crippen LogP contribution in [0.1, 0.15) is 17.3 Å². The molecule has 0 aliphatic heterocycles. The van der Waals surface area contributed by atoms with Crippen molar-refractivity contribution in [2.45, 2.75) is 17.4 Å². The Morgan fingerprint density at radius 1 is 1.33 bits per heavy atom. The summed E-state index contributed by atoms with van der Waals surface area (Å²) in [6, 6.07) is 5.59. The molecule has 1 amide bonds. The Hall–Kier alpha value is -1.09. The molecule has 6 nitrogen and oxygen atoms in total. The molecule has 118 valence electrons. The number of carbonyl (C=O) groups is 1. The van der Waals surface area contributed by atoms with Crippen LogP contribution in [0.2, 0.25) is 0 Å². The number of rotatable bonds is 7. The SMILES string of the molecule is CNC(=O)c1ccc(S(=O)(=O)NCC(C)(O)CSC)cc1. The first-order valence-corrected chi connectivity index (χ1v) is 9.13. The maximum atomic E-state index is 12.1. The second-order valence-electron chi connectivity index (χ2n) is 4.86. The summed E-state index contributed by atoms with van der Waals surface area (Å²) >= 11 is 1.43. The number of benzene rings is 1. The predicted octanol–water partition coefficient (Wildman–Crippen LogP) is 0.439. The average Bonchev–Trinajstić information content (AvgIpc) is 2.45. The predicted molar refractivity (Wildman–Crippen MR) is 84.0 cm³/mol. The number of hydrogen-bond acceptors (Lipinski definition) is 5. The summed E-state index contributed by atoms with van der Waals surface area (Å²) in [6.45, 7) is 1.49. The summed E-state index contributed by atoms with van der Waals surface area (Å²) in [5.74, 6) is 0.139. The van der Waals surface area contributed by atoms with Gasteiger partial charge in [-0.25, -0.2) is 13.1 Å². The van der Waals surface area contributed by atoms with Crippen LogP contribution in [0.5, 0.6) is 0 Å². The Morgan fingerprint density at radius 3 is 2.38 bits per heavy atom. The van der Waals surface area contributed by atoms with E-state index in [-0.39, 0.29) is 17.3 Å². The number of carbonyl (C=O) groups excluding carboxylic acids is 1. The minimum atomic E-state index is -3.71. The minimum Gasteiger partial charge on any atom is -0.388 e. The van der Waals surface area contributed by atoms with Gasteiger partial charge in [0.05, 0.1) is 10.5 Å². The Kier molecular flexibility index (Phi) is 6.21. The van der Waals surface area contributed by atoms with Gasteiger partial charge in [0, 0.05) is 24.9 Å². The normalized spacial score (nSPS) is 14.5. The van der Waals surface area contributed by atoms with Crippen LogP contribution >= 0.6 is 11.8 Å². The molecule has 0 heterocycles. The number of nitrogens with one attached hydrogen (secondary N) is 2. The Bertz CT molecular complexity index is 583. The number of thioether (sulfide) groups is 1. The van der Waals surface area contributed by atoms with E-state index in [0.29, 0.717) is 11.3 Å². The first-order valence-electron chi connectivity index (χ1n) is 6.25. The highest BCUT2D eigenvalue weighted by molar-refractivity contribution is 7.98. The van der Waals surface area contributed by atoms with Crippen LogP contribution in [-0.4, -0.2) is 50.6 Å². The van der Waals surface area contributed by atoms with Gasteiger partial charge in [0.1, 0.15) is 0 Å². The van der Waals surface area contributed by atoms with Crippen molar-refractivity contribution in [3.63, 3.8) is 0 Å². The van der Waals surface area contributed by atoms with Gasteiger partial charge in [-0.1, -0.05) is 0 Å². The molecule has 1 atom stereocenters. The molecule has 0 spiro atoms. The smallest absolute Gasteiger partial charge is 0.251 e. The van der Waals surface area contributed by atoms with Gasteiger partial charge in [0.25, 0.3) is 5.91 Å². The largest absolute Gasteiger partial charge is 0.388 e. The lowest BCUT2D eigenvalue weighted by atomic mass is 10.1. The Morgan fingerprint density at radius 2 is 1.90 bits per heavy atom. The van der Waals surface area contributed by atoms with E-state index in [0.717, 1.165) is 0 Å². The van der Waals surface area contributed by atoms with E-state index >= 15 is 0 Å². The van der Waals surface area contributed by atoms with Crippen molar-refractivity contribution in [3.8, 4) is 0 Å². The fourth-order valence-electron chi connectivity index (χ4n) is 1.63. The molecule has 3 N–H and O–H groups in total. The molecule has 21 heavy (non-hydrogen) atoms. The van der Waals surface area contributed by atoms with Crippen molar-refractivity contribution in [2.75, 3.05) is 25.6 Å². The monoisotopic (exact) mass is 332 g/mol. The number of aliphatic hydroxyl groups is 1. The van der Waals surface area contributed by atoms with E-state index < -0.39 is 15.6 Å². The van der Waals surface area contributed by atoms with Crippen LogP contribution in [0, 0.1) is 0 Å². The molecule has 0 fully saturated rings. The highest BCUT2D eigenvalue weighted by Gasteiger charge is 2.23. The summed E-state index contributed by atoms with van der Waals surface area (Å²) < 4.78 is 26.6. The highest BCUT2D eigenvalue weighted by Crippen LogP contribution is 2.13. The van der Waals surface area contributed by atoms with E-state index in [9.17, 15) is 18.3 Å². The lowest BCUT2D eigenvalue weighted by Crippen LogP contribution is -2.42. The highest BCUT2D eigenvalue weighted by atomic mass is 32.2. The summed E-state index contributed by atoms with van der Waals surface area (Å²) in [4.78, 5) is 11.4. The van der Waals surface area contributed by atoms with Crippen molar-refractivity contribution in [3.05, 3.63) is 29.8 Å². The molecular formula is C13H20N2O4S2. The summed E-state index contributed by atoms with van der Waals surface area (Å²) in [5.41, 5.74) is -0.736. The maximum Gasteiger partial charge on any atom is 0.251 e. The van der Waals surface area contributed by atoms with Gasteiger partial charge in [0.15, 0.2) is 0 Å². The molecule has 1 aromatic rings. The second-order valence-corrected chi connectivity index (χ2v) is 7.49. The van der Waals surface area contributed by atoms with Gasteiger partial charge in [-0.05, 0) is 37.4 Å². The molecule has 0 aromatic heterocycles. The maximum absolute atomic E-state index is 12.1. The van der Waals surface area contributed by atoms with Crippen molar-refractivity contribution in [1.29, 1.82) is 0 Å². The molecule has 0 saturated heterocycles. The summed E-state index contributed by atoms with van der Waals surface area (Å²) in [6.07, 6.45) is 1.83. The molecule has 8 heteroatoms. The molecule has 1 unspecified atom stereocenters. The van der Waals surface area contributed by atoms with Gasteiger partial charge >= 0.3 is 0 Å². The van der Waals surface area contributed by atoms with E-state index in [4.69, 9.17) is 0 Å². The van der Waals surface area contributed by atoms with Crippen LogP contribution in [0.25, 0.3) is 0 Å². The lowest BCUT2D eigenvalue weighted by Gasteiger charge is -2.22. The van der Waals surface area contributed by atoms with Crippen LogP contribution in [0.3, 0.4) is 0 Å². The molecule has 0 radical (unpaired) electrons. The standard InChI is InChI=1S/C13H20N2O4S2/c1-13(17,9-20-3)8-15-21(18,19)11-6-4-10(5-7-11)12(16)14-2/h4-7,15,17H,8-9H2,1-3H3,(H,14,16). The zero-order chi connectivity index (χ0) is 16.1. The third-order valence-corrected chi connectivity index (χ3v) is 5.08.